The molecule has 0 saturated carbocycles. The SMILES string of the molecule is CC(C)(C)OC(=O)N1CCN(CCCOc2cc(C(N)=O)cc(N)c2NC/C=C/CNc2ccccc2N)CC1. The molecule has 0 aliphatic carbocycles. The van der Waals surface area contributed by atoms with Gasteiger partial charge in [0, 0.05) is 51.4 Å². The van der Waals surface area contributed by atoms with E-state index in [0.29, 0.717) is 55.6 Å². The number of hydrogen-bond acceptors (Lipinski definition) is 9. The molecule has 8 N–H and O–H groups in total. The minimum absolute atomic E-state index is 0.269. The van der Waals surface area contributed by atoms with Crippen molar-refractivity contribution in [2.75, 3.05) is 74.5 Å². The number of nitrogens with two attached hydrogens (primary N) is 3. The summed E-state index contributed by atoms with van der Waals surface area (Å²) in [6.45, 7) is 10.8. The van der Waals surface area contributed by atoms with Crippen LogP contribution in [-0.2, 0) is 4.74 Å². The topological polar surface area (TPSA) is 161 Å². The number of benzene rings is 2. The number of nitrogens with one attached hydrogen (secondary N) is 2. The van der Waals surface area contributed by atoms with E-state index in [1.165, 1.54) is 0 Å². The molecule has 1 heterocycles. The van der Waals surface area contributed by atoms with Crippen LogP contribution in [0.4, 0.5) is 27.5 Å². The number of piperazine rings is 1. The minimum atomic E-state index is -0.572. The van der Waals surface area contributed by atoms with Gasteiger partial charge in [-0.3, -0.25) is 9.69 Å². The molecule has 1 fully saturated rings. The van der Waals surface area contributed by atoms with Crippen molar-refractivity contribution < 1.29 is 19.1 Å². The number of amides is 2. The Bertz CT molecular complexity index is 1170. The van der Waals surface area contributed by atoms with Crippen LogP contribution in [0, 0.1) is 0 Å². The highest BCUT2D eigenvalue weighted by atomic mass is 16.6. The monoisotopic (exact) mass is 553 g/mol. The van der Waals surface area contributed by atoms with E-state index in [0.717, 1.165) is 31.7 Å². The lowest BCUT2D eigenvalue weighted by Crippen LogP contribution is -2.50. The van der Waals surface area contributed by atoms with Crippen molar-refractivity contribution in [3.05, 3.63) is 54.1 Å². The quantitative estimate of drug-likeness (QED) is 0.151. The lowest BCUT2D eigenvalue weighted by Gasteiger charge is -2.35. The number of ether oxygens (including phenoxy) is 2. The molecule has 0 aromatic heterocycles. The van der Waals surface area contributed by atoms with Crippen LogP contribution in [0.3, 0.4) is 0 Å². The smallest absolute Gasteiger partial charge is 0.410 e. The summed E-state index contributed by atoms with van der Waals surface area (Å²) < 4.78 is 11.5. The summed E-state index contributed by atoms with van der Waals surface area (Å²) in [5, 5.41) is 6.54. The molecule has 3 rings (SSSR count). The normalized spacial score (nSPS) is 14.2. The predicted octanol–water partition coefficient (Wildman–Crippen LogP) is 3.35. The standard InChI is InChI=1S/C29H43N7O4/c1-29(2,3)40-28(38)36-16-14-35(15-17-36)13-8-18-39-25-20-21(27(32)37)19-23(31)26(25)34-12-7-6-11-33-24-10-5-4-9-22(24)30/h4-7,9-10,19-20,33-34H,8,11-18,30-31H2,1-3H3,(H2,32,37)/b7-6+. The molecule has 0 radical (unpaired) electrons. The van der Waals surface area contributed by atoms with Crippen LogP contribution in [0.2, 0.25) is 0 Å². The molecule has 0 atom stereocenters. The average molecular weight is 554 g/mol. The fourth-order valence-corrected chi connectivity index (χ4v) is 4.19. The molecular formula is C29H43N7O4. The van der Waals surface area contributed by atoms with Crippen LogP contribution in [0.15, 0.2) is 48.6 Å². The molecule has 0 bridgehead atoms. The molecule has 11 nitrogen and oxygen atoms in total. The lowest BCUT2D eigenvalue weighted by molar-refractivity contribution is 0.0142. The maximum absolute atomic E-state index is 12.3. The Morgan fingerprint density at radius 1 is 0.975 bits per heavy atom. The van der Waals surface area contributed by atoms with Crippen molar-refractivity contribution in [2.24, 2.45) is 5.73 Å². The Morgan fingerprint density at radius 3 is 2.30 bits per heavy atom. The number of nitrogens with zero attached hydrogens (tertiary/aromatic N) is 2. The maximum Gasteiger partial charge on any atom is 0.410 e. The second kappa shape index (κ2) is 14.3. The van der Waals surface area contributed by atoms with Gasteiger partial charge in [0.15, 0.2) is 0 Å². The van der Waals surface area contributed by atoms with E-state index in [9.17, 15) is 9.59 Å². The number of primary amides is 1. The molecule has 40 heavy (non-hydrogen) atoms. The van der Waals surface area contributed by atoms with Crippen molar-refractivity contribution in [3.63, 3.8) is 0 Å². The molecule has 2 amide bonds. The first-order valence-electron chi connectivity index (χ1n) is 13.6. The van der Waals surface area contributed by atoms with E-state index in [1.54, 1.807) is 17.0 Å². The maximum atomic E-state index is 12.3. The zero-order valence-electron chi connectivity index (χ0n) is 23.7. The summed E-state index contributed by atoms with van der Waals surface area (Å²) in [6.07, 6.45) is 4.44. The number of rotatable bonds is 12. The van der Waals surface area contributed by atoms with Gasteiger partial charge >= 0.3 is 6.09 Å². The van der Waals surface area contributed by atoms with Crippen molar-refractivity contribution in [3.8, 4) is 5.75 Å². The summed E-state index contributed by atoms with van der Waals surface area (Å²) in [7, 11) is 0. The van der Waals surface area contributed by atoms with Crippen LogP contribution >= 0.6 is 0 Å². The number of hydrogen-bond donors (Lipinski definition) is 5. The van der Waals surface area contributed by atoms with Crippen molar-refractivity contribution >= 4 is 34.7 Å². The van der Waals surface area contributed by atoms with Crippen molar-refractivity contribution in [2.45, 2.75) is 32.8 Å². The van der Waals surface area contributed by atoms with E-state index in [-0.39, 0.29) is 11.7 Å². The summed E-state index contributed by atoms with van der Waals surface area (Å²) >= 11 is 0. The molecule has 218 valence electrons. The number of anilines is 4. The molecule has 0 spiro atoms. The second-order valence-corrected chi connectivity index (χ2v) is 10.6. The molecule has 1 aliphatic rings. The largest absolute Gasteiger partial charge is 0.491 e. The lowest BCUT2D eigenvalue weighted by atomic mass is 10.1. The summed E-state index contributed by atoms with van der Waals surface area (Å²) in [4.78, 5) is 28.1. The van der Waals surface area contributed by atoms with Gasteiger partial charge in [-0.2, -0.15) is 0 Å². The van der Waals surface area contributed by atoms with Gasteiger partial charge in [0.2, 0.25) is 5.91 Å². The molecule has 1 aliphatic heterocycles. The third-order valence-electron chi connectivity index (χ3n) is 6.25. The fraction of sp³-hybridized carbons (Fsp3) is 0.448. The van der Waals surface area contributed by atoms with E-state index in [4.69, 9.17) is 26.7 Å². The Morgan fingerprint density at radius 2 is 1.65 bits per heavy atom. The van der Waals surface area contributed by atoms with Gasteiger partial charge in [-0.15, -0.1) is 0 Å². The summed E-state index contributed by atoms with van der Waals surface area (Å²) in [5.74, 6) is -0.0933. The molecule has 2 aromatic carbocycles. The zero-order chi connectivity index (χ0) is 29.1. The third-order valence-corrected chi connectivity index (χ3v) is 6.25. The van der Waals surface area contributed by atoms with Crippen LogP contribution < -0.4 is 32.6 Å². The van der Waals surface area contributed by atoms with E-state index < -0.39 is 11.5 Å². The first-order valence-corrected chi connectivity index (χ1v) is 13.6. The van der Waals surface area contributed by atoms with Gasteiger partial charge in [0.25, 0.3) is 0 Å². The van der Waals surface area contributed by atoms with Crippen LogP contribution in [-0.4, -0.2) is 79.8 Å². The Hall–Kier alpha value is -4.12. The van der Waals surface area contributed by atoms with Crippen molar-refractivity contribution in [1.82, 2.24) is 9.80 Å². The Kier molecular flexibility index (Phi) is 10.9. The fourth-order valence-electron chi connectivity index (χ4n) is 4.19. The highest BCUT2D eigenvalue weighted by Gasteiger charge is 2.25. The van der Waals surface area contributed by atoms with E-state index in [2.05, 4.69) is 15.5 Å². The Labute approximate surface area is 236 Å². The average Bonchev–Trinajstić information content (AvgIpc) is 2.89. The van der Waals surface area contributed by atoms with Gasteiger partial charge < -0.3 is 42.2 Å². The van der Waals surface area contributed by atoms with Gasteiger partial charge in [0.05, 0.1) is 23.7 Å². The highest BCUT2D eigenvalue weighted by Crippen LogP contribution is 2.32. The van der Waals surface area contributed by atoms with Crippen LogP contribution in [0.5, 0.6) is 5.75 Å². The van der Waals surface area contributed by atoms with Gasteiger partial charge in [-0.05, 0) is 51.5 Å². The van der Waals surface area contributed by atoms with Gasteiger partial charge in [-0.1, -0.05) is 24.3 Å². The minimum Gasteiger partial charge on any atom is -0.491 e. The molecule has 0 unspecified atom stereocenters. The zero-order valence-corrected chi connectivity index (χ0v) is 23.7. The third kappa shape index (κ3) is 9.57. The number of carbonyl (C=O) groups is 2. The highest BCUT2D eigenvalue weighted by molar-refractivity contribution is 5.96. The first-order chi connectivity index (χ1) is 19.0. The molecule has 2 aromatic rings. The summed E-state index contributed by atoms with van der Waals surface area (Å²) in [5.41, 5.74) is 20.0. The van der Waals surface area contributed by atoms with E-state index in [1.807, 2.05) is 57.2 Å². The number of carbonyl (C=O) groups excluding carboxylic acids is 2. The molecular weight excluding hydrogens is 510 g/mol. The second-order valence-electron chi connectivity index (χ2n) is 10.6. The van der Waals surface area contributed by atoms with Crippen LogP contribution in [0.1, 0.15) is 37.6 Å². The van der Waals surface area contributed by atoms with Gasteiger partial charge in [0.1, 0.15) is 17.0 Å². The Balaban J connectivity index is 1.47. The molecule has 1 saturated heterocycles. The number of para-hydroxylation sites is 2. The van der Waals surface area contributed by atoms with Crippen molar-refractivity contribution in [1.29, 1.82) is 0 Å². The molecule has 11 heteroatoms. The van der Waals surface area contributed by atoms with Gasteiger partial charge in [-0.25, -0.2) is 4.79 Å². The predicted molar refractivity (Wildman–Crippen MR) is 161 cm³/mol. The summed E-state index contributed by atoms with van der Waals surface area (Å²) in [6, 6.07) is 10.8. The van der Waals surface area contributed by atoms with Crippen LogP contribution in [0.25, 0.3) is 0 Å². The van der Waals surface area contributed by atoms with E-state index >= 15 is 0 Å². The number of nitrogen functional groups attached to an aromatic ring is 2. The first kappa shape index (κ1) is 30.4.